The van der Waals surface area contributed by atoms with Crippen LogP contribution in [0.3, 0.4) is 0 Å². The van der Waals surface area contributed by atoms with E-state index in [1.165, 1.54) is 0 Å². The third-order valence-electron chi connectivity index (χ3n) is 5.32. The lowest BCUT2D eigenvalue weighted by Crippen LogP contribution is -2.10. The highest BCUT2D eigenvalue weighted by atomic mass is 35.5. The Balaban J connectivity index is 1.84. The van der Waals surface area contributed by atoms with Crippen LogP contribution < -0.4 is 5.56 Å². The van der Waals surface area contributed by atoms with E-state index in [-0.39, 0.29) is 5.56 Å². The minimum Gasteiger partial charge on any atom is -0.306 e. The molecule has 0 atom stereocenters. The zero-order valence-corrected chi connectivity index (χ0v) is 18.4. The number of aromatic nitrogens is 3. The second-order valence-electron chi connectivity index (χ2n) is 8.00. The van der Waals surface area contributed by atoms with Gasteiger partial charge in [0.25, 0.3) is 5.56 Å². The molecule has 5 rings (SSSR count). The number of nitrogens with zero attached hydrogens (tertiary/aromatic N) is 2. The number of nitrogens with one attached hydrogen (secondary N) is 1. The van der Waals surface area contributed by atoms with Gasteiger partial charge in [-0.2, -0.15) is 0 Å². The molecule has 0 radical (unpaired) electrons. The van der Waals surface area contributed by atoms with Crippen LogP contribution in [0, 0.1) is 0 Å². The molecule has 5 aromatic rings. The van der Waals surface area contributed by atoms with Crippen molar-refractivity contribution in [1.82, 2.24) is 15.0 Å². The Hall–Kier alpha value is -3.76. The Morgan fingerprint density at radius 2 is 1.75 bits per heavy atom. The topological polar surface area (TPSA) is 58.6 Å². The third kappa shape index (κ3) is 3.70. The standard InChI is InChI=1S/C27H20ClN3O/c1-16(2)11-21-13-20-14-22(19-12-18-9-6-10-29-25(18)23(28)15-19)24(17-7-4-3-5-8-17)30-26(20)31-27(21)32/h3-15H,1-2H3,(H,30,31,32). The van der Waals surface area contributed by atoms with Crippen LogP contribution in [-0.2, 0) is 0 Å². The van der Waals surface area contributed by atoms with Crippen LogP contribution in [0.25, 0.3) is 50.4 Å². The Labute approximate surface area is 190 Å². The van der Waals surface area contributed by atoms with Gasteiger partial charge in [-0.3, -0.25) is 9.78 Å². The second-order valence-corrected chi connectivity index (χ2v) is 8.40. The molecule has 0 fully saturated rings. The van der Waals surface area contributed by atoms with E-state index >= 15 is 0 Å². The number of hydrogen-bond acceptors (Lipinski definition) is 3. The van der Waals surface area contributed by atoms with Crippen LogP contribution in [0.5, 0.6) is 0 Å². The molecule has 0 bridgehead atoms. The quantitative estimate of drug-likeness (QED) is 0.334. The molecule has 3 heterocycles. The third-order valence-corrected chi connectivity index (χ3v) is 5.61. The molecule has 5 heteroatoms. The molecule has 1 N–H and O–H groups in total. The van der Waals surface area contributed by atoms with Gasteiger partial charge in [0.15, 0.2) is 0 Å². The lowest BCUT2D eigenvalue weighted by Gasteiger charge is -2.13. The Morgan fingerprint density at radius 3 is 2.53 bits per heavy atom. The molecule has 0 amide bonds. The second kappa shape index (κ2) is 8.06. The van der Waals surface area contributed by atoms with Crippen molar-refractivity contribution in [2.24, 2.45) is 0 Å². The summed E-state index contributed by atoms with van der Waals surface area (Å²) in [6, 6.07) is 21.8. The summed E-state index contributed by atoms with van der Waals surface area (Å²) in [6.45, 7) is 3.94. The van der Waals surface area contributed by atoms with Crippen molar-refractivity contribution in [3.05, 3.63) is 99.4 Å². The summed E-state index contributed by atoms with van der Waals surface area (Å²) in [5.74, 6) is 0. The first-order chi connectivity index (χ1) is 15.5. The monoisotopic (exact) mass is 437 g/mol. The van der Waals surface area contributed by atoms with Gasteiger partial charge in [-0.05, 0) is 49.7 Å². The summed E-state index contributed by atoms with van der Waals surface area (Å²) >= 11 is 6.59. The van der Waals surface area contributed by atoms with E-state index in [2.05, 4.69) is 22.1 Å². The number of benzene rings is 2. The number of fused-ring (bicyclic) bond motifs is 2. The summed E-state index contributed by atoms with van der Waals surface area (Å²) in [5.41, 5.74) is 6.45. The lowest BCUT2D eigenvalue weighted by molar-refractivity contribution is 1.22. The molecule has 0 aliphatic rings. The summed E-state index contributed by atoms with van der Waals surface area (Å²) in [6.07, 6.45) is 3.61. The van der Waals surface area contributed by atoms with Crippen LogP contribution >= 0.6 is 11.6 Å². The Morgan fingerprint density at radius 1 is 0.938 bits per heavy atom. The molecule has 156 valence electrons. The van der Waals surface area contributed by atoms with Crippen molar-refractivity contribution < 1.29 is 0 Å². The number of pyridine rings is 3. The van der Waals surface area contributed by atoms with Crippen molar-refractivity contribution in [2.45, 2.75) is 13.8 Å². The predicted molar refractivity (Wildman–Crippen MR) is 133 cm³/mol. The Kier molecular flexibility index (Phi) is 5.08. The van der Waals surface area contributed by atoms with Crippen molar-refractivity contribution in [1.29, 1.82) is 0 Å². The summed E-state index contributed by atoms with van der Waals surface area (Å²) in [7, 11) is 0. The van der Waals surface area contributed by atoms with E-state index in [4.69, 9.17) is 16.6 Å². The highest BCUT2D eigenvalue weighted by Crippen LogP contribution is 2.36. The van der Waals surface area contributed by atoms with E-state index in [9.17, 15) is 4.79 Å². The van der Waals surface area contributed by atoms with Crippen molar-refractivity contribution in [3.8, 4) is 22.4 Å². The number of H-pyrrole nitrogens is 1. The Bertz CT molecular complexity index is 1570. The first-order valence-corrected chi connectivity index (χ1v) is 10.7. The van der Waals surface area contributed by atoms with E-state index in [1.54, 1.807) is 6.20 Å². The summed E-state index contributed by atoms with van der Waals surface area (Å²) < 4.78 is 0. The lowest BCUT2D eigenvalue weighted by atomic mass is 9.96. The summed E-state index contributed by atoms with van der Waals surface area (Å²) in [4.78, 5) is 24.8. The molecular weight excluding hydrogens is 418 g/mol. The molecule has 3 aromatic heterocycles. The van der Waals surface area contributed by atoms with Gasteiger partial charge in [0.2, 0.25) is 0 Å². The van der Waals surface area contributed by atoms with Gasteiger partial charge in [-0.15, -0.1) is 0 Å². The molecule has 0 saturated carbocycles. The van der Waals surface area contributed by atoms with E-state index in [1.807, 2.05) is 74.5 Å². The SMILES string of the molecule is CC(C)=Cc1cc2cc(-c3cc(Cl)c4ncccc4c3)c(-c3ccccc3)nc2[nH]c1=O. The van der Waals surface area contributed by atoms with Crippen molar-refractivity contribution in [3.63, 3.8) is 0 Å². The first kappa shape index (κ1) is 20.2. The van der Waals surface area contributed by atoms with Crippen LogP contribution in [0.15, 0.2) is 83.3 Å². The molecule has 0 unspecified atom stereocenters. The number of allylic oxidation sites excluding steroid dienone is 1. The first-order valence-electron chi connectivity index (χ1n) is 10.3. The van der Waals surface area contributed by atoms with E-state index in [0.717, 1.165) is 44.2 Å². The number of halogens is 1. The summed E-state index contributed by atoms with van der Waals surface area (Å²) in [5, 5.41) is 2.40. The van der Waals surface area contributed by atoms with Gasteiger partial charge in [-0.25, -0.2) is 4.98 Å². The fourth-order valence-corrected chi connectivity index (χ4v) is 4.18. The fraction of sp³-hybridized carbons (Fsp3) is 0.0741. The average molecular weight is 438 g/mol. The van der Waals surface area contributed by atoms with Crippen LogP contribution in [0.4, 0.5) is 0 Å². The highest BCUT2D eigenvalue weighted by Gasteiger charge is 2.15. The molecule has 32 heavy (non-hydrogen) atoms. The van der Waals surface area contributed by atoms with Gasteiger partial charge in [0.05, 0.1) is 16.2 Å². The number of hydrogen-bond donors (Lipinski definition) is 1. The molecule has 0 saturated heterocycles. The van der Waals surface area contributed by atoms with Crippen LogP contribution in [0.1, 0.15) is 19.4 Å². The van der Waals surface area contributed by atoms with E-state index < -0.39 is 0 Å². The fourth-order valence-electron chi connectivity index (χ4n) is 3.91. The van der Waals surface area contributed by atoms with Gasteiger partial charge in [0.1, 0.15) is 5.65 Å². The zero-order valence-electron chi connectivity index (χ0n) is 17.7. The van der Waals surface area contributed by atoms with Gasteiger partial charge in [-0.1, -0.05) is 59.6 Å². The number of rotatable bonds is 3. The highest BCUT2D eigenvalue weighted by molar-refractivity contribution is 6.35. The predicted octanol–water partition coefficient (Wildman–Crippen LogP) is 6.88. The van der Waals surface area contributed by atoms with Crippen molar-refractivity contribution in [2.75, 3.05) is 0 Å². The van der Waals surface area contributed by atoms with Crippen LogP contribution in [0.2, 0.25) is 5.02 Å². The molecule has 4 nitrogen and oxygen atoms in total. The maximum Gasteiger partial charge on any atom is 0.256 e. The molecular formula is C27H20ClN3O. The zero-order chi connectivity index (χ0) is 22.2. The molecule has 0 spiro atoms. The minimum absolute atomic E-state index is 0.155. The van der Waals surface area contributed by atoms with E-state index in [0.29, 0.717) is 16.2 Å². The largest absolute Gasteiger partial charge is 0.306 e. The minimum atomic E-state index is -0.155. The normalized spacial score (nSPS) is 11.1. The van der Waals surface area contributed by atoms with Gasteiger partial charge in [0, 0.05) is 33.7 Å². The smallest absolute Gasteiger partial charge is 0.256 e. The maximum absolute atomic E-state index is 12.6. The molecule has 0 aliphatic heterocycles. The molecule has 0 aliphatic carbocycles. The van der Waals surface area contributed by atoms with Crippen molar-refractivity contribution >= 4 is 39.6 Å². The van der Waals surface area contributed by atoms with Gasteiger partial charge < -0.3 is 4.98 Å². The molecule has 2 aromatic carbocycles. The van der Waals surface area contributed by atoms with Crippen LogP contribution in [-0.4, -0.2) is 15.0 Å². The average Bonchev–Trinajstić information content (AvgIpc) is 2.79. The van der Waals surface area contributed by atoms with Gasteiger partial charge >= 0.3 is 0 Å². The maximum atomic E-state index is 12.6. The number of aromatic amines is 1.